The summed E-state index contributed by atoms with van der Waals surface area (Å²) in [5, 5.41) is 11.3. The van der Waals surface area contributed by atoms with Crippen LogP contribution in [-0.4, -0.2) is 26.4 Å². The van der Waals surface area contributed by atoms with E-state index in [4.69, 9.17) is 4.42 Å². The summed E-state index contributed by atoms with van der Waals surface area (Å²) in [6.45, 7) is 2.13. The van der Waals surface area contributed by atoms with Gasteiger partial charge in [-0.1, -0.05) is 26.0 Å². The second-order valence-electron chi connectivity index (χ2n) is 8.94. The predicted molar refractivity (Wildman–Crippen MR) is 119 cm³/mol. The van der Waals surface area contributed by atoms with Crippen LogP contribution in [-0.2, 0) is 12.0 Å². The van der Waals surface area contributed by atoms with E-state index in [1.165, 1.54) is 61.3 Å². The van der Waals surface area contributed by atoms with E-state index in [1.54, 1.807) is 12.1 Å². The second-order valence-corrected chi connectivity index (χ2v) is 8.94. The number of benzene rings is 2. The molecule has 0 bridgehead atoms. The molecule has 2 heterocycles. The van der Waals surface area contributed by atoms with E-state index in [2.05, 4.69) is 4.98 Å². The fourth-order valence-corrected chi connectivity index (χ4v) is 4.37. The molecule has 0 spiro atoms. The van der Waals surface area contributed by atoms with Crippen LogP contribution < -0.4 is 5.43 Å². The minimum Gasteiger partial charge on any atom is -0.445 e. The van der Waals surface area contributed by atoms with Gasteiger partial charge in [0, 0.05) is 23.2 Å². The number of hydrogen-bond donors (Lipinski definition) is 1. The Balaban J connectivity index is 1.79. The number of para-hydroxylation sites is 1. The molecule has 1 atom stereocenters. The molecule has 0 amide bonds. The van der Waals surface area contributed by atoms with Gasteiger partial charge in [-0.2, -0.15) is 13.2 Å². The Kier molecular flexibility index (Phi) is 5.85. The molecule has 5 nitrogen and oxygen atoms in total. The van der Waals surface area contributed by atoms with Crippen molar-refractivity contribution in [1.29, 1.82) is 0 Å². The molecule has 0 radical (unpaired) electrons. The van der Waals surface area contributed by atoms with Crippen molar-refractivity contribution in [3.05, 3.63) is 88.8 Å². The molecule has 0 aliphatic rings. The Bertz CT molecular complexity index is 1380. The fourth-order valence-electron chi connectivity index (χ4n) is 4.37. The fraction of sp³-hybridized carbons (Fsp3) is 0.280. The van der Waals surface area contributed by atoms with Crippen molar-refractivity contribution in [2.75, 3.05) is 0 Å². The van der Waals surface area contributed by atoms with E-state index in [-0.39, 0.29) is 27.8 Å². The third kappa shape index (κ3) is 4.35. The van der Waals surface area contributed by atoms with Crippen molar-refractivity contribution in [3.8, 4) is 11.5 Å². The van der Waals surface area contributed by atoms with E-state index in [9.17, 15) is 27.5 Å². The van der Waals surface area contributed by atoms with Gasteiger partial charge in [0.15, 0.2) is 11.0 Å². The monoisotopic (exact) mass is 474 g/mol. The lowest BCUT2D eigenvalue weighted by Crippen LogP contribution is -2.52. The number of fused-ring (bicyclic) bond motifs is 1. The standard InChI is InChI=1S/C25H22F4N2O3/c1-23(2,19-13-16(26)7-8-17(19)22-30-10-12-34-22)14-24(33,25(27,28)29)15-31-11-9-21(32)18-5-3-4-6-20(18)31/h3-13,33H,14-15H2,1-2H3. The first kappa shape index (κ1) is 23.7. The number of aliphatic hydroxyl groups is 1. The zero-order valence-electron chi connectivity index (χ0n) is 18.4. The van der Waals surface area contributed by atoms with Crippen LogP contribution in [0, 0.1) is 5.82 Å². The number of halogens is 4. The van der Waals surface area contributed by atoms with Gasteiger partial charge in [0.25, 0.3) is 0 Å². The normalized spacial score (nSPS) is 14.3. The third-order valence-corrected chi connectivity index (χ3v) is 5.95. The maximum atomic E-state index is 14.3. The molecule has 2 aromatic heterocycles. The quantitative estimate of drug-likeness (QED) is 0.377. The lowest BCUT2D eigenvalue weighted by atomic mass is 9.73. The van der Waals surface area contributed by atoms with Gasteiger partial charge in [-0.25, -0.2) is 9.37 Å². The molecule has 34 heavy (non-hydrogen) atoms. The first-order chi connectivity index (χ1) is 15.9. The molecule has 0 saturated heterocycles. The van der Waals surface area contributed by atoms with Crippen molar-refractivity contribution in [2.24, 2.45) is 0 Å². The smallest absolute Gasteiger partial charge is 0.418 e. The van der Waals surface area contributed by atoms with Gasteiger partial charge in [-0.15, -0.1) is 0 Å². The summed E-state index contributed by atoms with van der Waals surface area (Å²) in [6, 6.07) is 11.1. The number of alkyl halides is 3. The molecule has 4 rings (SSSR count). The van der Waals surface area contributed by atoms with Crippen molar-refractivity contribution < 1.29 is 27.1 Å². The van der Waals surface area contributed by atoms with Crippen molar-refractivity contribution in [3.63, 3.8) is 0 Å². The van der Waals surface area contributed by atoms with Crippen LogP contribution in [0.4, 0.5) is 17.6 Å². The van der Waals surface area contributed by atoms with Crippen LogP contribution in [0.1, 0.15) is 25.8 Å². The maximum absolute atomic E-state index is 14.3. The number of aromatic nitrogens is 2. The SMILES string of the molecule is CC(C)(CC(O)(Cn1ccc(=O)c2ccccc21)C(F)(F)F)c1cc(F)ccc1-c1ncco1. The molecule has 0 aliphatic heterocycles. The number of rotatable bonds is 6. The lowest BCUT2D eigenvalue weighted by molar-refractivity contribution is -0.271. The molecule has 0 fully saturated rings. The summed E-state index contributed by atoms with van der Waals surface area (Å²) in [4.78, 5) is 16.2. The summed E-state index contributed by atoms with van der Waals surface area (Å²) in [5.41, 5.74) is -4.09. The first-order valence-electron chi connectivity index (χ1n) is 10.5. The number of hydrogen-bond acceptors (Lipinski definition) is 4. The maximum Gasteiger partial charge on any atom is 0.418 e. The molecule has 178 valence electrons. The van der Waals surface area contributed by atoms with Crippen molar-refractivity contribution >= 4 is 10.9 Å². The minimum absolute atomic E-state index is 0.130. The largest absolute Gasteiger partial charge is 0.445 e. The van der Waals surface area contributed by atoms with Crippen molar-refractivity contribution in [1.82, 2.24) is 9.55 Å². The Labute approximate surface area is 192 Å². The average Bonchev–Trinajstić information content (AvgIpc) is 3.29. The topological polar surface area (TPSA) is 68.3 Å². The number of pyridine rings is 1. The van der Waals surface area contributed by atoms with E-state index < -0.39 is 36.0 Å². The molecule has 9 heteroatoms. The highest BCUT2D eigenvalue weighted by atomic mass is 19.4. The zero-order valence-corrected chi connectivity index (χ0v) is 18.4. The van der Waals surface area contributed by atoms with Gasteiger partial charge in [0.2, 0.25) is 5.89 Å². The zero-order chi connectivity index (χ0) is 24.7. The summed E-state index contributed by atoms with van der Waals surface area (Å²) >= 11 is 0. The summed E-state index contributed by atoms with van der Waals surface area (Å²) in [7, 11) is 0. The van der Waals surface area contributed by atoms with Gasteiger partial charge in [0.05, 0.1) is 18.3 Å². The highest BCUT2D eigenvalue weighted by Gasteiger charge is 2.56. The van der Waals surface area contributed by atoms with Crippen LogP contribution in [0.25, 0.3) is 22.4 Å². The van der Waals surface area contributed by atoms with Crippen LogP contribution in [0.2, 0.25) is 0 Å². The van der Waals surface area contributed by atoms with E-state index in [0.717, 1.165) is 12.1 Å². The molecular weight excluding hydrogens is 452 g/mol. The third-order valence-electron chi connectivity index (χ3n) is 5.95. The molecule has 1 N–H and O–H groups in total. The van der Waals surface area contributed by atoms with Gasteiger partial charge in [-0.05, 0) is 47.7 Å². The van der Waals surface area contributed by atoms with E-state index in [1.807, 2.05) is 0 Å². The molecular formula is C25H22F4N2O3. The summed E-state index contributed by atoms with van der Waals surface area (Å²) in [5.74, 6) is -0.509. The Morgan fingerprint density at radius 2 is 1.82 bits per heavy atom. The van der Waals surface area contributed by atoms with Crippen LogP contribution in [0.5, 0.6) is 0 Å². The Morgan fingerprint density at radius 3 is 2.50 bits per heavy atom. The van der Waals surface area contributed by atoms with E-state index >= 15 is 0 Å². The van der Waals surface area contributed by atoms with Crippen molar-refractivity contribution in [2.45, 2.75) is 44.0 Å². The summed E-state index contributed by atoms with van der Waals surface area (Å²) in [6.07, 6.45) is -1.90. The van der Waals surface area contributed by atoms with Crippen LogP contribution >= 0.6 is 0 Å². The van der Waals surface area contributed by atoms with Gasteiger partial charge in [-0.3, -0.25) is 4.79 Å². The summed E-state index contributed by atoms with van der Waals surface area (Å²) < 4.78 is 63.7. The molecule has 1 unspecified atom stereocenters. The van der Waals surface area contributed by atoms with E-state index in [0.29, 0.717) is 5.56 Å². The molecule has 4 aromatic rings. The van der Waals surface area contributed by atoms with Gasteiger partial charge >= 0.3 is 6.18 Å². The minimum atomic E-state index is -5.02. The highest BCUT2D eigenvalue weighted by Crippen LogP contribution is 2.44. The molecule has 2 aromatic carbocycles. The molecule has 0 aliphatic carbocycles. The molecule has 0 saturated carbocycles. The number of oxazole rings is 1. The lowest BCUT2D eigenvalue weighted by Gasteiger charge is -2.39. The van der Waals surface area contributed by atoms with Crippen LogP contribution in [0.3, 0.4) is 0 Å². The highest BCUT2D eigenvalue weighted by molar-refractivity contribution is 5.78. The van der Waals surface area contributed by atoms with Crippen LogP contribution in [0.15, 0.2) is 76.4 Å². The van der Waals surface area contributed by atoms with Gasteiger partial charge in [0.1, 0.15) is 12.1 Å². The van der Waals surface area contributed by atoms with Gasteiger partial charge < -0.3 is 14.1 Å². The first-order valence-corrected chi connectivity index (χ1v) is 10.5. The predicted octanol–water partition coefficient (Wildman–Crippen LogP) is 5.46. The number of nitrogens with zero attached hydrogens (tertiary/aromatic N) is 2. The Hall–Kier alpha value is -3.46. The second kappa shape index (κ2) is 8.39. The Morgan fingerprint density at radius 1 is 1.09 bits per heavy atom. The average molecular weight is 474 g/mol.